The van der Waals surface area contributed by atoms with Crippen molar-refractivity contribution in [1.29, 1.82) is 0 Å². The van der Waals surface area contributed by atoms with Gasteiger partial charge in [0.1, 0.15) is 0 Å². The molecule has 0 saturated carbocycles. The lowest BCUT2D eigenvalue weighted by Crippen LogP contribution is -2.09. The third-order valence-corrected chi connectivity index (χ3v) is 3.10. The summed E-state index contributed by atoms with van der Waals surface area (Å²) in [6.45, 7) is 1.53. The summed E-state index contributed by atoms with van der Waals surface area (Å²) in [5.74, 6) is 0.616. The largest absolute Gasteiger partial charge is 0.469 e. The first-order valence-corrected chi connectivity index (χ1v) is 6.71. The van der Waals surface area contributed by atoms with E-state index in [4.69, 9.17) is 11.5 Å². The highest BCUT2D eigenvalue weighted by Gasteiger charge is 2.08. The zero-order chi connectivity index (χ0) is 12.9. The Morgan fingerprint density at radius 2 is 1.53 bits per heavy atom. The lowest BCUT2D eigenvalue weighted by atomic mass is 9.92. The Balaban J connectivity index is 3.62. The molecule has 0 amide bonds. The summed E-state index contributed by atoms with van der Waals surface area (Å²) >= 11 is 0. The van der Waals surface area contributed by atoms with Crippen LogP contribution < -0.4 is 11.5 Å². The van der Waals surface area contributed by atoms with E-state index in [9.17, 15) is 4.79 Å². The minimum Gasteiger partial charge on any atom is -0.469 e. The fourth-order valence-electron chi connectivity index (χ4n) is 2.05. The van der Waals surface area contributed by atoms with Gasteiger partial charge in [-0.05, 0) is 51.1 Å². The Kier molecular flexibility index (Phi) is 11.4. The van der Waals surface area contributed by atoms with Crippen LogP contribution in [0.15, 0.2) is 0 Å². The van der Waals surface area contributed by atoms with Crippen molar-refractivity contribution in [1.82, 2.24) is 0 Å². The lowest BCUT2D eigenvalue weighted by Gasteiger charge is -2.15. The predicted molar refractivity (Wildman–Crippen MR) is 70.6 cm³/mol. The fraction of sp³-hybridized carbons (Fsp3) is 0.923. The number of nitrogens with two attached hydrogens (primary N) is 2. The Morgan fingerprint density at radius 3 is 2.00 bits per heavy atom. The molecule has 0 aliphatic heterocycles. The fourth-order valence-corrected chi connectivity index (χ4v) is 2.05. The van der Waals surface area contributed by atoms with Crippen LogP contribution in [0.3, 0.4) is 0 Å². The quantitative estimate of drug-likeness (QED) is 0.429. The number of ether oxygens (including phenoxy) is 1. The van der Waals surface area contributed by atoms with Crippen molar-refractivity contribution >= 4 is 5.97 Å². The second-order valence-electron chi connectivity index (χ2n) is 4.55. The van der Waals surface area contributed by atoms with Crippen molar-refractivity contribution in [2.75, 3.05) is 20.2 Å². The molecule has 0 atom stereocenters. The minimum absolute atomic E-state index is 0.106. The van der Waals surface area contributed by atoms with E-state index in [-0.39, 0.29) is 5.97 Å². The Morgan fingerprint density at radius 1 is 1.00 bits per heavy atom. The molecule has 0 heterocycles. The van der Waals surface area contributed by atoms with Crippen LogP contribution in [0.25, 0.3) is 0 Å². The van der Waals surface area contributed by atoms with E-state index in [0.717, 1.165) is 44.7 Å². The van der Waals surface area contributed by atoms with Crippen molar-refractivity contribution in [3.8, 4) is 0 Å². The second-order valence-corrected chi connectivity index (χ2v) is 4.55. The van der Waals surface area contributed by atoms with Gasteiger partial charge in [0.25, 0.3) is 0 Å². The number of esters is 1. The van der Waals surface area contributed by atoms with E-state index in [1.165, 1.54) is 26.4 Å². The van der Waals surface area contributed by atoms with Gasteiger partial charge in [-0.3, -0.25) is 4.79 Å². The highest BCUT2D eigenvalue weighted by atomic mass is 16.5. The topological polar surface area (TPSA) is 78.3 Å². The number of hydrogen-bond donors (Lipinski definition) is 2. The van der Waals surface area contributed by atoms with Crippen LogP contribution in [0.1, 0.15) is 51.4 Å². The van der Waals surface area contributed by atoms with Gasteiger partial charge in [0.05, 0.1) is 7.11 Å². The van der Waals surface area contributed by atoms with Gasteiger partial charge in [0.2, 0.25) is 0 Å². The molecule has 17 heavy (non-hydrogen) atoms. The smallest absolute Gasteiger partial charge is 0.305 e. The summed E-state index contributed by atoms with van der Waals surface area (Å²) in [5, 5.41) is 0. The van der Waals surface area contributed by atoms with E-state index in [1.807, 2.05) is 0 Å². The van der Waals surface area contributed by atoms with Gasteiger partial charge in [0.15, 0.2) is 0 Å². The molecule has 0 spiro atoms. The van der Waals surface area contributed by atoms with Crippen LogP contribution >= 0.6 is 0 Å². The van der Waals surface area contributed by atoms with Crippen LogP contribution in [-0.2, 0) is 9.53 Å². The number of rotatable bonds is 11. The average Bonchev–Trinajstić information content (AvgIpc) is 2.36. The molecule has 0 bridgehead atoms. The van der Waals surface area contributed by atoms with E-state index in [0.29, 0.717) is 6.42 Å². The van der Waals surface area contributed by atoms with Gasteiger partial charge >= 0.3 is 5.97 Å². The second kappa shape index (κ2) is 11.9. The first-order valence-electron chi connectivity index (χ1n) is 6.71. The van der Waals surface area contributed by atoms with E-state index in [2.05, 4.69) is 4.74 Å². The Hall–Kier alpha value is -0.610. The Labute approximate surface area is 105 Å². The molecule has 102 valence electrons. The molecule has 0 aliphatic carbocycles. The molecule has 0 saturated heterocycles. The number of carbonyl (C=O) groups is 1. The van der Waals surface area contributed by atoms with Gasteiger partial charge in [-0.2, -0.15) is 0 Å². The van der Waals surface area contributed by atoms with E-state index < -0.39 is 0 Å². The summed E-state index contributed by atoms with van der Waals surface area (Å²) in [7, 11) is 1.44. The first-order chi connectivity index (χ1) is 8.24. The lowest BCUT2D eigenvalue weighted by molar-refractivity contribution is -0.140. The molecular weight excluding hydrogens is 216 g/mol. The molecule has 0 radical (unpaired) electrons. The highest BCUT2D eigenvalue weighted by Crippen LogP contribution is 2.20. The van der Waals surface area contributed by atoms with Crippen molar-refractivity contribution in [2.45, 2.75) is 51.4 Å². The van der Waals surface area contributed by atoms with Crippen molar-refractivity contribution in [3.63, 3.8) is 0 Å². The van der Waals surface area contributed by atoms with Gasteiger partial charge in [-0.1, -0.05) is 12.8 Å². The number of methoxy groups -OCH3 is 1. The van der Waals surface area contributed by atoms with Crippen LogP contribution in [0.2, 0.25) is 0 Å². The SMILES string of the molecule is COC(=O)CCCCC(CCCN)CCCN. The van der Waals surface area contributed by atoms with Gasteiger partial charge < -0.3 is 16.2 Å². The van der Waals surface area contributed by atoms with E-state index >= 15 is 0 Å². The molecular formula is C13H28N2O2. The summed E-state index contributed by atoms with van der Waals surface area (Å²) in [6.07, 6.45) is 8.29. The molecule has 0 aromatic carbocycles. The van der Waals surface area contributed by atoms with Crippen molar-refractivity contribution in [3.05, 3.63) is 0 Å². The van der Waals surface area contributed by atoms with Crippen molar-refractivity contribution < 1.29 is 9.53 Å². The summed E-state index contributed by atoms with van der Waals surface area (Å²) in [6, 6.07) is 0. The van der Waals surface area contributed by atoms with Crippen LogP contribution in [0.4, 0.5) is 0 Å². The maximum absolute atomic E-state index is 10.9. The maximum atomic E-state index is 10.9. The maximum Gasteiger partial charge on any atom is 0.305 e. The van der Waals surface area contributed by atoms with Gasteiger partial charge in [-0.25, -0.2) is 0 Å². The molecule has 4 nitrogen and oxygen atoms in total. The van der Waals surface area contributed by atoms with Crippen LogP contribution in [-0.4, -0.2) is 26.2 Å². The monoisotopic (exact) mass is 244 g/mol. The zero-order valence-corrected chi connectivity index (χ0v) is 11.1. The third-order valence-electron chi connectivity index (χ3n) is 3.10. The molecule has 0 rings (SSSR count). The third kappa shape index (κ3) is 10.3. The Bertz CT molecular complexity index is 178. The number of unbranched alkanes of at least 4 members (excludes halogenated alkanes) is 1. The van der Waals surface area contributed by atoms with E-state index in [1.54, 1.807) is 0 Å². The summed E-state index contributed by atoms with van der Waals surface area (Å²) in [5.41, 5.74) is 11.1. The molecule has 0 unspecified atom stereocenters. The number of carbonyl (C=O) groups excluding carboxylic acids is 1. The molecule has 0 aliphatic rings. The minimum atomic E-state index is -0.106. The van der Waals surface area contributed by atoms with Crippen LogP contribution in [0, 0.1) is 5.92 Å². The summed E-state index contributed by atoms with van der Waals surface area (Å²) < 4.78 is 4.62. The van der Waals surface area contributed by atoms with Gasteiger partial charge in [-0.15, -0.1) is 0 Å². The molecule has 4 N–H and O–H groups in total. The molecule has 4 heteroatoms. The molecule has 0 aromatic heterocycles. The average molecular weight is 244 g/mol. The normalized spacial score (nSPS) is 10.8. The highest BCUT2D eigenvalue weighted by molar-refractivity contribution is 5.68. The van der Waals surface area contributed by atoms with Crippen LogP contribution in [0.5, 0.6) is 0 Å². The first kappa shape index (κ1) is 16.4. The predicted octanol–water partition coefficient (Wildman–Crippen LogP) is 1.81. The van der Waals surface area contributed by atoms with Crippen molar-refractivity contribution in [2.24, 2.45) is 17.4 Å². The number of hydrogen-bond acceptors (Lipinski definition) is 4. The van der Waals surface area contributed by atoms with Gasteiger partial charge in [0, 0.05) is 6.42 Å². The standard InChI is InChI=1S/C13H28N2O2/c1-17-13(16)9-3-2-6-12(7-4-10-14)8-5-11-15/h12H,2-11,14-15H2,1H3. The zero-order valence-electron chi connectivity index (χ0n) is 11.1. The summed E-state index contributed by atoms with van der Waals surface area (Å²) in [4.78, 5) is 10.9. The molecule has 0 aromatic rings. The molecule has 0 fully saturated rings.